The fourth-order valence-electron chi connectivity index (χ4n) is 2.65. The van der Waals surface area contributed by atoms with Gasteiger partial charge in [-0.05, 0) is 30.9 Å². The first kappa shape index (κ1) is 15.5. The Hall–Kier alpha value is -1.88. The number of hydrogen-bond donors (Lipinski definition) is 2. The summed E-state index contributed by atoms with van der Waals surface area (Å²) in [6.45, 7) is 4.25. The summed E-state index contributed by atoms with van der Waals surface area (Å²) in [5.41, 5.74) is 2.36. The Morgan fingerprint density at radius 1 is 1.38 bits per heavy atom. The minimum absolute atomic E-state index is 0.0763. The van der Waals surface area contributed by atoms with Crippen molar-refractivity contribution < 1.29 is 14.7 Å². The van der Waals surface area contributed by atoms with E-state index in [4.69, 9.17) is 5.11 Å². The number of fused-ring (bicyclic) bond motifs is 1. The van der Waals surface area contributed by atoms with Gasteiger partial charge in [0.25, 0.3) is 0 Å². The van der Waals surface area contributed by atoms with Crippen LogP contribution in [0.25, 0.3) is 0 Å². The van der Waals surface area contributed by atoms with Crippen LogP contribution in [0.5, 0.6) is 0 Å². The van der Waals surface area contributed by atoms with E-state index in [-0.39, 0.29) is 24.5 Å². The molecule has 1 aliphatic rings. The highest BCUT2D eigenvalue weighted by Gasteiger charge is 2.30. The number of carbonyl (C=O) groups excluding carboxylic acids is 1. The summed E-state index contributed by atoms with van der Waals surface area (Å²) in [7, 11) is 0. The summed E-state index contributed by atoms with van der Waals surface area (Å²) >= 11 is 0. The zero-order chi connectivity index (χ0) is 15.4. The molecule has 1 heterocycles. The summed E-state index contributed by atoms with van der Waals surface area (Å²) < 4.78 is 0. The van der Waals surface area contributed by atoms with Gasteiger partial charge in [0.2, 0.25) is 5.91 Å². The molecule has 0 radical (unpaired) electrons. The van der Waals surface area contributed by atoms with Crippen LogP contribution in [0.3, 0.4) is 0 Å². The molecule has 2 rings (SSSR count). The highest BCUT2D eigenvalue weighted by atomic mass is 16.4. The number of amides is 1. The number of hydrogen-bond acceptors (Lipinski definition) is 3. The van der Waals surface area contributed by atoms with Crippen molar-refractivity contribution in [3.05, 3.63) is 35.4 Å². The molecule has 0 saturated carbocycles. The number of benzene rings is 1. The maximum Gasteiger partial charge on any atom is 0.323 e. The Balaban J connectivity index is 2.13. The first-order chi connectivity index (χ1) is 10.0. The van der Waals surface area contributed by atoms with E-state index in [2.05, 4.69) is 5.32 Å². The van der Waals surface area contributed by atoms with Crippen molar-refractivity contribution in [1.29, 1.82) is 0 Å². The Morgan fingerprint density at radius 2 is 2.05 bits per heavy atom. The van der Waals surface area contributed by atoms with Crippen molar-refractivity contribution in [2.45, 2.75) is 45.3 Å². The van der Waals surface area contributed by atoms with Gasteiger partial charge in [0.05, 0.1) is 6.04 Å². The summed E-state index contributed by atoms with van der Waals surface area (Å²) in [5.74, 6) is -1.10. The Bertz CT molecular complexity index is 530. The van der Waals surface area contributed by atoms with Gasteiger partial charge in [-0.15, -0.1) is 0 Å². The molecule has 0 bridgehead atoms. The third-order valence-electron chi connectivity index (χ3n) is 4.09. The van der Waals surface area contributed by atoms with Crippen molar-refractivity contribution in [3.8, 4) is 0 Å². The maximum absolute atomic E-state index is 12.6. The van der Waals surface area contributed by atoms with Crippen molar-refractivity contribution in [2.24, 2.45) is 0 Å². The van der Waals surface area contributed by atoms with Gasteiger partial charge in [0.1, 0.15) is 6.54 Å². The fraction of sp³-hybridized carbons (Fsp3) is 0.500. The number of nitrogens with one attached hydrogen (secondary N) is 1. The average Bonchev–Trinajstić information content (AvgIpc) is 2.50. The van der Waals surface area contributed by atoms with Crippen molar-refractivity contribution in [3.63, 3.8) is 0 Å². The van der Waals surface area contributed by atoms with Crippen molar-refractivity contribution >= 4 is 11.9 Å². The summed E-state index contributed by atoms with van der Waals surface area (Å²) in [6, 6.07) is 7.61. The Morgan fingerprint density at radius 3 is 2.67 bits per heavy atom. The molecule has 1 aromatic carbocycles. The average molecular weight is 290 g/mol. The summed E-state index contributed by atoms with van der Waals surface area (Å²) in [4.78, 5) is 25.1. The van der Waals surface area contributed by atoms with Crippen LogP contribution in [0.4, 0.5) is 0 Å². The molecule has 1 aromatic rings. The van der Waals surface area contributed by atoms with Crippen molar-refractivity contribution in [1.82, 2.24) is 10.2 Å². The molecule has 1 aliphatic heterocycles. The van der Waals surface area contributed by atoms with E-state index in [1.54, 1.807) is 0 Å². The van der Waals surface area contributed by atoms with Crippen molar-refractivity contribution in [2.75, 3.05) is 6.54 Å². The quantitative estimate of drug-likeness (QED) is 0.860. The van der Waals surface area contributed by atoms with E-state index in [1.807, 2.05) is 38.1 Å². The Kier molecular flexibility index (Phi) is 4.96. The zero-order valence-electron chi connectivity index (χ0n) is 12.5. The van der Waals surface area contributed by atoms with Crippen LogP contribution in [-0.2, 0) is 22.6 Å². The molecular weight excluding hydrogens is 268 g/mol. The Labute approximate surface area is 125 Å². The lowest BCUT2D eigenvalue weighted by Crippen LogP contribution is -2.53. The molecule has 114 valence electrons. The maximum atomic E-state index is 12.6. The van der Waals surface area contributed by atoms with Gasteiger partial charge in [-0.2, -0.15) is 0 Å². The predicted molar refractivity (Wildman–Crippen MR) is 79.9 cm³/mol. The lowest BCUT2D eigenvalue weighted by molar-refractivity contribution is -0.147. The molecule has 2 atom stereocenters. The molecular formula is C16H22N2O3. The molecule has 5 nitrogen and oxygen atoms in total. The highest BCUT2D eigenvalue weighted by molar-refractivity contribution is 5.86. The zero-order valence-corrected chi connectivity index (χ0v) is 12.5. The molecule has 1 amide bonds. The number of nitrogens with zero attached hydrogens (tertiary/aromatic N) is 1. The molecule has 0 aliphatic carbocycles. The van der Waals surface area contributed by atoms with E-state index in [0.29, 0.717) is 13.0 Å². The van der Waals surface area contributed by atoms with Crippen LogP contribution in [0.2, 0.25) is 0 Å². The van der Waals surface area contributed by atoms with E-state index in [0.717, 1.165) is 12.0 Å². The van der Waals surface area contributed by atoms with Gasteiger partial charge >= 0.3 is 5.97 Å². The van der Waals surface area contributed by atoms with Gasteiger partial charge in [0, 0.05) is 12.6 Å². The number of aliphatic carboxylic acids is 1. The van der Waals surface area contributed by atoms with Gasteiger partial charge in [0.15, 0.2) is 0 Å². The first-order valence-corrected chi connectivity index (χ1v) is 7.35. The van der Waals surface area contributed by atoms with E-state index in [9.17, 15) is 9.59 Å². The fourth-order valence-corrected chi connectivity index (χ4v) is 2.65. The largest absolute Gasteiger partial charge is 0.480 e. The molecule has 1 unspecified atom stereocenters. The second-order valence-electron chi connectivity index (χ2n) is 5.52. The SMILES string of the molecule is CCC(C)N(CC(=O)O)C(=O)[C@@H]1Cc2ccccc2CN1. The second-order valence-corrected chi connectivity index (χ2v) is 5.52. The molecule has 21 heavy (non-hydrogen) atoms. The molecule has 0 aromatic heterocycles. The number of carboxylic acids is 1. The van der Waals surface area contributed by atoms with Crippen LogP contribution in [0, 0.1) is 0 Å². The van der Waals surface area contributed by atoms with E-state index in [1.165, 1.54) is 10.5 Å². The number of rotatable bonds is 5. The van der Waals surface area contributed by atoms with Gasteiger partial charge < -0.3 is 15.3 Å². The van der Waals surface area contributed by atoms with E-state index < -0.39 is 5.97 Å². The predicted octanol–water partition coefficient (Wildman–Crippen LogP) is 1.41. The highest BCUT2D eigenvalue weighted by Crippen LogP contribution is 2.18. The molecule has 0 fully saturated rings. The lowest BCUT2D eigenvalue weighted by Gasteiger charge is -2.33. The monoisotopic (exact) mass is 290 g/mol. The number of carboxylic acid groups (broad SMARTS) is 1. The smallest absolute Gasteiger partial charge is 0.323 e. The van der Waals surface area contributed by atoms with Gasteiger partial charge in [-0.25, -0.2) is 0 Å². The van der Waals surface area contributed by atoms with E-state index >= 15 is 0 Å². The van der Waals surface area contributed by atoms with Crippen LogP contribution in [0.1, 0.15) is 31.4 Å². The normalized spacial score (nSPS) is 18.7. The van der Waals surface area contributed by atoms with Crippen LogP contribution < -0.4 is 5.32 Å². The molecule has 0 spiro atoms. The van der Waals surface area contributed by atoms with Crippen LogP contribution in [-0.4, -0.2) is 40.5 Å². The lowest BCUT2D eigenvalue weighted by atomic mass is 9.95. The van der Waals surface area contributed by atoms with Crippen LogP contribution in [0.15, 0.2) is 24.3 Å². The minimum Gasteiger partial charge on any atom is -0.480 e. The minimum atomic E-state index is -0.972. The molecule has 0 saturated heterocycles. The summed E-state index contributed by atoms with van der Waals surface area (Å²) in [5, 5.41) is 12.2. The van der Waals surface area contributed by atoms with Gasteiger partial charge in [-0.1, -0.05) is 31.2 Å². The molecule has 2 N–H and O–H groups in total. The first-order valence-electron chi connectivity index (χ1n) is 7.35. The topological polar surface area (TPSA) is 69.6 Å². The number of carbonyl (C=O) groups is 2. The van der Waals surface area contributed by atoms with Crippen LogP contribution >= 0.6 is 0 Å². The standard InChI is InChI=1S/C16H22N2O3/c1-3-11(2)18(10-15(19)20)16(21)14-8-12-6-4-5-7-13(12)9-17-14/h4-7,11,14,17H,3,8-10H2,1-2H3,(H,19,20)/t11?,14-/m0/s1. The molecule has 5 heteroatoms. The van der Waals surface area contributed by atoms with Gasteiger partial charge in [-0.3, -0.25) is 9.59 Å². The summed E-state index contributed by atoms with van der Waals surface area (Å²) in [6.07, 6.45) is 1.35. The third kappa shape index (κ3) is 3.61. The third-order valence-corrected chi connectivity index (χ3v) is 4.09. The second kappa shape index (κ2) is 6.72.